The number of thiophene rings is 1. The summed E-state index contributed by atoms with van der Waals surface area (Å²) >= 11 is 4.70. The van der Waals surface area contributed by atoms with E-state index in [1.165, 1.54) is 11.3 Å². The van der Waals surface area contributed by atoms with E-state index in [0.717, 1.165) is 8.66 Å². The van der Waals surface area contributed by atoms with Crippen LogP contribution in [0.25, 0.3) is 0 Å². The van der Waals surface area contributed by atoms with Gasteiger partial charge < -0.3 is 5.32 Å². The van der Waals surface area contributed by atoms with E-state index in [1.54, 1.807) is 6.07 Å². The molecule has 0 saturated carbocycles. The number of hydrogen-bond acceptors (Lipinski definition) is 2. The molecule has 0 fully saturated rings. The van der Waals surface area contributed by atoms with Crippen molar-refractivity contribution < 1.29 is 13.2 Å². The minimum Gasteiger partial charge on any atom is -0.306 e. The van der Waals surface area contributed by atoms with Crippen LogP contribution < -0.4 is 5.32 Å². The Morgan fingerprint density at radius 3 is 2.32 bits per heavy atom. The molecule has 0 amide bonds. The highest BCUT2D eigenvalue weighted by Gasteiger charge is 2.23. The number of rotatable bonds is 4. The SMILES string of the molecule is CCNC(c1ccc(Br)s1)c1c(F)cc(F)cc1F. The van der Waals surface area contributed by atoms with Gasteiger partial charge in [0, 0.05) is 22.6 Å². The lowest BCUT2D eigenvalue weighted by Gasteiger charge is -2.18. The Labute approximate surface area is 121 Å². The van der Waals surface area contributed by atoms with Gasteiger partial charge in [-0.05, 0) is 34.6 Å². The molecule has 1 atom stereocenters. The second-order valence-corrected chi connectivity index (χ2v) is 6.41. The van der Waals surface area contributed by atoms with E-state index in [2.05, 4.69) is 21.2 Å². The zero-order chi connectivity index (χ0) is 14.0. The molecule has 102 valence electrons. The fourth-order valence-electron chi connectivity index (χ4n) is 1.86. The lowest BCUT2D eigenvalue weighted by atomic mass is 10.0. The quantitative estimate of drug-likeness (QED) is 0.848. The van der Waals surface area contributed by atoms with Gasteiger partial charge in [-0.2, -0.15) is 0 Å². The number of hydrogen-bond donors (Lipinski definition) is 1. The van der Waals surface area contributed by atoms with E-state index in [9.17, 15) is 13.2 Å². The molecule has 1 unspecified atom stereocenters. The molecule has 1 aromatic carbocycles. The van der Waals surface area contributed by atoms with Crippen molar-refractivity contribution in [3.8, 4) is 0 Å². The lowest BCUT2D eigenvalue weighted by Crippen LogP contribution is -2.23. The summed E-state index contributed by atoms with van der Waals surface area (Å²) in [6.07, 6.45) is 0. The molecule has 2 rings (SSSR count). The maximum absolute atomic E-state index is 13.9. The molecule has 2 aromatic rings. The average Bonchev–Trinajstić information content (AvgIpc) is 2.73. The standard InChI is InChI=1S/C13H11BrF3NS/c1-2-18-13(10-3-4-11(14)19-10)12-8(16)5-7(15)6-9(12)17/h3-6,13,18H,2H2,1H3. The first kappa shape index (κ1) is 14.6. The van der Waals surface area contributed by atoms with Crippen LogP contribution in [0, 0.1) is 17.5 Å². The summed E-state index contributed by atoms with van der Waals surface area (Å²) in [6, 6.07) is 4.37. The van der Waals surface area contributed by atoms with E-state index in [1.807, 2.05) is 13.0 Å². The number of benzene rings is 1. The first-order chi connectivity index (χ1) is 9.02. The molecule has 1 aromatic heterocycles. The van der Waals surface area contributed by atoms with Crippen LogP contribution in [0.3, 0.4) is 0 Å². The topological polar surface area (TPSA) is 12.0 Å². The summed E-state index contributed by atoms with van der Waals surface area (Å²) in [6.45, 7) is 2.38. The molecule has 6 heteroatoms. The van der Waals surface area contributed by atoms with Gasteiger partial charge in [0.1, 0.15) is 17.5 Å². The van der Waals surface area contributed by atoms with Crippen molar-refractivity contribution in [2.75, 3.05) is 6.54 Å². The molecule has 0 radical (unpaired) electrons. The molecule has 1 nitrogen and oxygen atoms in total. The molecular formula is C13H11BrF3NS. The van der Waals surface area contributed by atoms with Gasteiger partial charge in [0.05, 0.1) is 9.83 Å². The Hall–Kier alpha value is -0.850. The molecule has 19 heavy (non-hydrogen) atoms. The Balaban J connectivity index is 2.51. The van der Waals surface area contributed by atoms with E-state index in [-0.39, 0.29) is 5.56 Å². The highest BCUT2D eigenvalue weighted by atomic mass is 79.9. The average molecular weight is 350 g/mol. The van der Waals surface area contributed by atoms with Crippen LogP contribution in [0.2, 0.25) is 0 Å². The molecule has 0 aliphatic heterocycles. The minimum absolute atomic E-state index is 0.155. The normalized spacial score (nSPS) is 12.7. The highest BCUT2D eigenvalue weighted by Crippen LogP contribution is 2.33. The maximum atomic E-state index is 13.9. The Kier molecular flexibility index (Phi) is 4.65. The Morgan fingerprint density at radius 1 is 1.21 bits per heavy atom. The second kappa shape index (κ2) is 6.07. The van der Waals surface area contributed by atoms with Crippen molar-refractivity contribution in [1.82, 2.24) is 5.32 Å². The molecule has 0 bridgehead atoms. The van der Waals surface area contributed by atoms with Crippen molar-refractivity contribution in [3.63, 3.8) is 0 Å². The Bertz CT molecular complexity index is 562. The summed E-state index contributed by atoms with van der Waals surface area (Å²) < 4.78 is 41.5. The summed E-state index contributed by atoms with van der Waals surface area (Å²) in [7, 11) is 0. The van der Waals surface area contributed by atoms with Crippen LogP contribution in [0.4, 0.5) is 13.2 Å². The summed E-state index contributed by atoms with van der Waals surface area (Å²) in [5.74, 6) is -2.68. The first-order valence-electron chi connectivity index (χ1n) is 5.66. The van der Waals surface area contributed by atoms with Gasteiger partial charge in [-0.25, -0.2) is 13.2 Å². The van der Waals surface area contributed by atoms with Gasteiger partial charge in [0.15, 0.2) is 0 Å². The summed E-state index contributed by atoms with van der Waals surface area (Å²) in [5.41, 5.74) is -0.155. The van der Waals surface area contributed by atoms with Crippen LogP contribution in [-0.4, -0.2) is 6.54 Å². The third-order valence-corrected chi connectivity index (χ3v) is 4.31. The fourth-order valence-corrected chi connectivity index (χ4v) is 3.37. The van der Waals surface area contributed by atoms with Gasteiger partial charge in [-0.3, -0.25) is 0 Å². The van der Waals surface area contributed by atoms with E-state index < -0.39 is 23.5 Å². The minimum atomic E-state index is -0.915. The zero-order valence-corrected chi connectivity index (χ0v) is 12.4. The molecule has 1 N–H and O–H groups in total. The number of halogens is 4. The van der Waals surface area contributed by atoms with E-state index >= 15 is 0 Å². The smallest absolute Gasteiger partial charge is 0.134 e. The van der Waals surface area contributed by atoms with Crippen molar-refractivity contribution in [2.24, 2.45) is 0 Å². The molecule has 0 saturated heterocycles. The van der Waals surface area contributed by atoms with Crippen molar-refractivity contribution >= 4 is 27.3 Å². The van der Waals surface area contributed by atoms with Crippen LogP contribution >= 0.6 is 27.3 Å². The summed E-state index contributed by atoms with van der Waals surface area (Å²) in [5, 5.41) is 3.02. The third kappa shape index (κ3) is 3.19. The third-order valence-electron chi connectivity index (χ3n) is 2.62. The van der Waals surface area contributed by atoms with Crippen molar-refractivity contribution in [3.05, 3.63) is 55.9 Å². The lowest BCUT2D eigenvalue weighted by molar-refractivity contribution is 0.494. The Morgan fingerprint density at radius 2 is 1.84 bits per heavy atom. The van der Waals surface area contributed by atoms with Crippen molar-refractivity contribution in [1.29, 1.82) is 0 Å². The predicted octanol–water partition coefficient (Wildman–Crippen LogP) is 4.63. The maximum Gasteiger partial charge on any atom is 0.134 e. The van der Waals surface area contributed by atoms with Gasteiger partial charge in [-0.1, -0.05) is 6.92 Å². The van der Waals surface area contributed by atoms with Gasteiger partial charge in [0.2, 0.25) is 0 Å². The van der Waals surface area contributed by atoms with E-state index in [0.29, 0.717) is 18.7 Å². The molecular weight excluding hydrogens is 339 g/mol. The van der Waals surface area contributed by atoms with Gasteiger partial charge in [0.25, 0.3) is 0 Å². The van der Waals surface area contributed by atoms with Crippen LogP contribution in [0.15, 0.2) is 28.1 Å². The number of nitrogens with one attached hydrogen (secondary N) is 1. The van der Waals surface area contributed by atoms with E-state index in [4.69, 9.17) is 0 Å². The highest BCUT2D eigenvalue weighted by molar-refractivity contribution is 9.11. The second-order valence-electron chi connectivity index (χ2n) is 3.92. The van der Waals surface area contributed by atoms with Gasteiger partial charge >= 0.3 is 0 Å². The molecule has 0 aliphatic rings. The van der Waals surface area contributed by atoms with Crippen molar-refractivity contribution in [2.45, 2.75) is 13.0 Å². The first-order valence-corrected chi connectivity index (χ1v) is 7.27. The molecule has 0 aliphatic carbocycles. The largest absolute Gasteiger partial charge is 0.306 e. The van der Waals surface area contributed by atoms with Crippen LogP contribution in [0.5, 0.6) is 0 Å². The van der Waals surface area contributed by atoms with Crippen LogP contribution in [-0.2, 0) is 0 Å². The van der Waals surface area contributed by atoms with Gasteiger partial charge in [-0.15, -0.1) is 11.3 Å². The fraction of sp³-hybridized carbons (Fsp3) is 0.231. The summed E-state index contributed by atoms with van der Waals surface area (Å²) in [4.78, 5) is 0.762. The zero-order valence-electron chi connectivity index (χ0n) is 10.0. The predicted molar refractivity (Wildman–Crippen MR) is 73.9 cm³/mol. The van der Waals surface area contributed by atoms with Crippen LogP contribution in [0.1, 0.15) is 23.4 Å². The molecule has 0 spiro atoms. The molecule has 1 heterocycles. The monoisotopic (exact) mass is 349 g/mol.